The molecule has 1 fully saturated rings. The van der Waals surface area contributed by atoms with Gasteiger partial charge in [-0.1, -0.05) is 72.3 Å². The standard InChI is InChI=1S/C26H25ClN6O/c27-22-11-13-23(14-12-22)31-26(34)33-16-15-32(18-24(33)21-9-5-2-6-10-21)25(30-19-28)29-17-20-7-3-1-4-8-20/h1-14,24H,15-18H2,(H,29,30)(H,31,34). The van der Waals surface area contributed by atoms with Crippen LogP contribution in [0, 0.1) is 11.5 Å². The van der Waals surface area contributed by atoms with E-state index in [-0.39, 0.29) is 12.1 Å². The second-order valence-electron chi connectivity index (χ2n) is 7.88. The smallest absolute Gasteiger partial charge is 0.322 e. The summed E-state index contributed by atoms with van der Waals surface area (Å²) in [6, 6.07) is 26.5. The average Bonchev–Trinajstić information content (AvgIpc) is 2.88. The average molecular weight is 473 g/mol. The molecule has 3 aromatic carbocycles. The molecule has 4 rings (SSSR count). The molecule has 7 nitrogen and oxygen atoms in total. The summed E-state index contributed by atoms with van der Waals surface area (Å²) in [6.45, 7) is 2.06. The van der Waals surface area contributed by atoms with Crippen molar-refractivity contribution in [1.82, 2.24) is 15.1 Å². The first-order chi connectivity index (χ1) is 16.6. The molecule has 0 spiro atoms. The van der Waals surface area contributed by atoms with Gasteiger partial charge in [0.15, 0.2) is 0 Å². The molecule has 2 N–H and O–H groups in total. The summed E-state index contributed by atoms with van der Waals surface area (Å²) >= 11 is 5.97. The first kappa shape index (κ1) is 23.1. The highest BCUT2D eigenvalue weighted by Crippen LogP contribution is 2.27. The van der Waals surface area contributed by atoms with Crippen LogP contribution in [0.1, 0.15) is 17.2 Å². The Labute approximate surface area is 204 Å². The van der Waals surface area contributed by atoms with E-state index in [0.717, 1.165) is 11.1 Å². The van der Waals surface area contributed by atoms with Crippen molar-refractivity contribution < 1.29 is 4.79 Å². The molecular weight excluding hydrogens is 448 g/mol. The predicted molar refractivity (Wildman–Crippen MR) is 134 cm³/mol. The Morgan fingerprint density at radius 1 is 1.00 bits per heavy atom. The van der Waals surface area contributed by atoms with E-state index in [1.165, 1.54) is 0 Å². The number of amides is 2. The maximum atomic E-state index is 13.2. The van der Waals surface area contributed by atoms with Gasteiger partial charge >= 0.3 is 6.03 Å². The number of aliphatic imine (C=N–C) groups is 1. The maximum absolute atomic E-state index is 13.2. The van der Waals surface area contributed by atoms with Crippen molar-refractivity contribution in [2.45, 2.75) is 12.6 Å². The van der Waals surface area contributed by atoms with Crippen LogP contribution in [0.2, 0.25) is 5.02 Å². The summed E-state index contributed by atoms with van der Waals surface area (Å²) in [6.07, 6.45) is 1.91. The van der Waals surface area contributed by atoms with Gasteiger partial charge in [0.1, 0.15) is 0 Å². The lowest BCUT2D eigenvalue weighted by Gasteiger charge is -2.42. The number of anilines is 1. The van der Waals surface area contributed by atoms with Crippen LogP contribution in [0.15, 0.2) is 89.9 Å². The summed E-state index contributed by atoms with van der Waals surface area (Å²) < 4.78 is 0. The van der Waals surface area contributed by atoms with Crippen molar-refractivity contribution >= 4 is 29.3 Å². The third-order valence-corrected chi connectivity index (χ3v) is 5.92. The molecule has 0 aliphatic carbocycles. The van der Waals surface area contributed by atoms with E-state index in [0.29, 0.717) is 42.8 Å². The Kier molecular flexibility index (Phi) is 7.63. The summed E-state index contributed by atoms with van der Waals surface area (Å²) in [5.41, 5.74) is 2.78. The Bertz CT molecular complexity index is 1160. The molecule has 3 aromatic rings. The van der Waals surface area contributed by atoms with Gasteiger partial charge in [-0.05, 0) is 35.4 Å². The van der Waals surface area contributed by atoms with E-state index in [1.54, 1.807) is 24.3 Å². The molecular formula is C26H25ClN6O. The van der Waals surface area contributed by atoms with E-state index in [2.05, 4.69) is 15.6 Å². The zero-order valence-corrected chi connectivity index (χ0v) is 19.3. The highest BCUT2D eigenvalue weighted by Gasteiger charge is 2.33. The number of nitriles is 1. The molecule has 34 heavy (non-hydrogen) atoms. The number of carbonyl (C=O) groups is 1. The molecule has 0 radical (unpaired) electrons. The monoisotopic (exact) mass is 472 g/mol. The van der Waals surface area contributed by atoms with Gasteiger partial charge in [-0.15, -0.1) is 4.99 Å². The van der Waals surface area contributed by atoms with E-state index in [1.807, 2.05) is 76.7 Å². The molecule has 0 saturated carbocycles. The number of nitrogens with zero attached hydrogens (tertiary/aromatic N) is 4. The molecule has 0 aromatic heterocycles. The Hall–Kier alpha value is -4.02. The number of guanidine groups is 1. The predicted octanol–water partition coefficient (Wildman–Crippen LogP) is 4.86. The van der Waals surface area contributed by atoms with Crippen LogP contribution < -0.4 is 10.6 Å². The third kappa shape index (κ3) is 5.85. The molecule has 1 aliphatic rings. The van der Waals surface area contributed by atoms with E-state index < -0.39 is 0 Å². The zero-order chi connectivity index (χ0) is 23.8. The minimum absolute atomic E-state index is 0.188. The number of carbonyl (C=O) groups excluding carboxylic acids is 1. The largest absolute Gasteiger partial charge is 0.351 e. The SMILES string of the molecule is N#C/N=C(/NCc1ccccc1)N1CCN(C(=O)Nc2ccc(Cl)cc2)C(c2ccccc2)C1. The molecule has 1 heterocycles. The summed E-state index contributed by atoms with van der Waals surface area (Å²) in [7, 11) is 0. The molecule has 1 saturated heterocycles. The van der Waals surface area contributed by atoms with Crippen molar-refractivity contribution in [3.05, 3.63) is 101 Å². The van der Waals surface area contributed by atoms with Crippen molar-refractivity contribution in [2.75, 3.05) is 25.0 Å². The summed E-state index contributed by atoms with van der Waals surface area (Å²) in [4.78, 5) is 21.1. The number of benzene rings is 3. The summed E-state index contributed by atoms with van der Waals surface area (Å²) in [5.74, 6) is 0.505. The van der Waals surface area contributed by atoms with Gasteiger partial charge in [0.2, 0.25) is 12.2 Å². The first-order valence-corrected chi connectivity index (χ1v) is 11.4. The van der Waals surface area contributed by atoms with Crippen molar-refractivity contribution in [3.8, 4) is 6.19 Å². The zero-order valence-electron chi connectivity index (χ0n) is 18.6. The van der Waals surface area contributed by atoms with E-state index in [4.69, 9.17) is 11.6 Å². The minimum Gasteiger partial charge on any atom is -0.351 e. The number of hydrogen-bond acceptors (Lipinski definition) is 3. The van der Waals surface area contributed by atoms with Gasteiger partial charge in [-0.2, -0.15) is 5.26 Å². The quantitative estimate of drug-likeness (QED) is 0.323. The van der Waals surface area contributed by atoms with Gasteiger partial charge in [0, 0.05) is 36.9 Å². The van der Waals surface area contributed by atoms with Gasteiger partial charge in [-0.3, -0.25) is 0 Å². The molecule has 8 heteroatoms. The maximum Gasteiger partial charge on any atom is 0.322 e. The van der Waals surface area contributed by atoms with Crippen molar-refractivity contribution in [2.24, 2.45) is 4.99 Å². The molecule has 0 bridgehead atoms. The second kappa shape index (κ2) is 11.2. The topological polar surface area (TPSA) is 83.8 Å². The van der Waals surface area contributed by atoms with Gasteiger partial charge < -0.3 is 20.4 Å². The fourth-order valence-corrected chi connectivity index (χ4v) is 4.08. The van der Waals surface area contributed by atoms with Crippen LogP contribution >= 0.6 is 11.6 Å². The number of nitrogens with one attached hydrogen (secondary N) is 2. The van der Waals surface area contributed by atoms with E-state index >= 15 is 0 Å². The van der Waals surface area contributed by atoms with Crippen LogP contribution in [0.25, 0.3) is 0 Å². The lowest BCUT2D eigenvalue weighted by molar-refractivity contribution is 0.134. The van der Waals surface area contributed by atoms with Crippen molar-refractivity contribution in [3.63, 3.8) is 0 Å². The Balaban J connectivity index is 1.52. The van der Waals surface area contributed by atoms with Gasteiger partial charge in [-0.25, -0.2) is 4.79 Å². The fourth-order valence-electron chi connectivity index (χ4n) is 3.95. The molecule has 1 aliphatic heterocycles. The van der Waals surface area contributed by atoms with Crippen molar-refractivity contribution in [1.29, 1.82) is 5.26 Å². The minimum atomic E-state index is -0.218. The van der Waals surface area contributed by atoms with Crippen LogP contribution in [-0.4, -0.2) is 41.4 Å². The van der Waals surface area contributed by atoms with Crippen LogP contribution in [0.5, 0.6) is 0 Å². The molecule has 2 amide bonds. The Morgan fingerprint density at radius 3 is 2.35 bits per heavy atom. The number of hydrogen-bond donors (Lipinski definition) is 2. The first-order valence-electron chi connectivity index (χ1n) is 11.0. The molecule has 172 valence electrons. The summed E-state index contributed by atoms with van der Waals surface area (Å²) in [5, 5.41) is 16.2. The lowest BCUT2D eigenvalue weighted by Crippen LogP contribution is -2.55. The highest BCUT2D eigenvalue weighted by molar-refractivity contribution is 6.30. The fraction of sp³-hybridized carbons (Fsp3) is 0.192. The molecule has 1 unspecified atom stereocenters. The van der Waals surface area contributed by atoms with Crippen LogP contribution in [-0.2, 0) is 6.54 Å². The van der Waals surface area contributed by atoms with Crippen LogP contribution in [0.4, 0.5) is 10.5 Å². The number of piperazine rings is 1. The van der Waals surface area contributed by atoms with Gasteiger partial charge in [0.05, 0.1) is 6.04 Å². The third-order valence-electron chi connectivity index (χ3n) is 5.67. The Morgan fingerprint density at radius 2 is 1.68 bits per heavy atom. The number of urea groups is 1. The number of rotatable bonds is 4. The molecule has 1 atom stereocenters. The van der Waals surface area contributed by atoms with Crippen LogP contribution in [0.3, 0.4) is 0 Å². The number of halogens is 1. The normalized spacial score (nSPS) is 16.0. The second-order valence-corrected chi connectivity index (χ2v) is 8.31. The van der Waals surface area contributed by atoms with Gasteiger partial charge in [0.25, 0.3) is 0 Å². The lowest BCUT2D eigenvalue weighted by atomic mass is 10.0. The highest BCUT2D eigenvalue weighted by atomic mass is 35.5. The van der Waals surface area contributed by atoms with E-state index in [9.17, 15) is 10.1 Å².